The Morgan fingerprint density at radius 1 is 0.538 bits per heavy atom. The van der Waals surface area contributed by atoms with Gasteiger partial charge in [-0.2, -0.15) is 0 Å². The van der Waals surface area contributed by atoms with Gasteiger partial charge in [0.1, 0.15) is 84.4 Å². The highest BCUT2D eigenvalue weighted by Gasteiger charge is 2.49. The van der Waals surface area contributed by atoms with Crippen LogP contribution < -0.4 is 56.7 Å². The molecule has 32 nitrogen and oxygen atoms in total. The van der Waals surface area contributed by atoms with Crippen molar-refractivity contribution in [3.05, 3.63) is 179 Å². The topological polar surface area (TPSA) is 420 Å². The highest BCUT2D eigenvalue weighted by molar-refractivity contribution is 7.90. The molecule has 3 fully saturated rings. The number of nitrogens with zero attached hydrogens (tertiary/aromatic N) is 8. The molecular weight excluding hydrogens is 1520 g/mol. The van der Waals surface area contributed by atoms with Gasteiger partial charge in [-0.25, -0.2) is 22.6 Å². The Morgan fingerprint density at radius 2 is 0.940 bits per heavy atom. The van der Waals surface area contributed by atoms with Crippen molar-refractivity contribution >= 4 is 90.7 Å². The second kappa shape index (κ2) is 36.2. The first-order valence-corrected chi connectivity index (χ1v) is 41.1. The van der Waals surface area contributed by atoms with E-state index in [0.29, 0.717) is 58.0 Å². The fourth-order valence-electron chi connectivity index (χ4n) is 14.7. The average Bonchev–Trinajstić information content (AvgIpc) is 1.65. The number of amides is 9. The lowest BCUT2D eigenvalue weighted by Crippen LogP contribution is -2.61. The summed E-state index contributed by atoms with van der Waals surface area (Å²) >= 11 is 0. The first-order valence-electron chi connectivity index (χ1n) is 39.4. The van der Waals surface area contributed by atoms with Crippen molar-refractivity contribution in [2.24, 2.45) is 16.7 Å². The molecule has 9 amide bonds. The molecule has 8 aromatic rings. The number of nitrogens with one attached hydrogen (secondary N) is 9. The van der Waals surface area contributed by atoms with E-state index >= 15 is 24.0 Å². The molecule has 15 rings (SSSR count). The monoisotopic (exact) mass is 1620 g/mol. The second-order valence-corrected chi connectivity index (χ2v) is 34.9. The normalized spacial score (nSPS) is 21.8. The fourth-order valence-corrected chi connectivity index (χ4v) is 16.2. The number of aromatic nitrogens is 6. The maximum absolute atomic E-state index is 15.5. The van der Waals surface area contributed by atoms with E-state index in [2.05, 4.69) is 67.9 Å². The number of carbonyl (C=O) groups is 10. The number of rotatable bonds is 17. The molecule has 12 bridgehead atoms. The van der Waals surface area contributed by atoms with Gasteiger partial charge in [0.05, 0.1) is 42.3 Å². The molecule has 117 heavy (non-hydrogen) atoms. The van der Waals surface area contributed by atoms with Crippen molar-refractivity contribution in [3.8, 4) is 11.5 Å². The minimum absolute atomic E-state index is 0.0612. The third kappa shape index (κ3) is 21.5. The SMILES string of the molecule is CN[C@@H](C)C(=O)N[C@H](C(=O)N1C[C@@H]2C[C@H]1C(=O)N[C@@H](Cc1ccc3ccccc3c1)C(=O)N[C@H](C(=O)O)Cc1ccc(cc1)OCc1cn(nn1)[C@H]1C[C@@H](C(=O)N[C@@H](Cc3ccc4ccccc4c3)C(=O)N[C@H](C(=O)NS(=O)(=O)CC3CC3)Cc3ccc(cc3)OCc3cn2nn3)N(C(=O)[C@@H](NC(=O)[C@H](C)NC)C(C)(C)C)C1)C(C)(C)C. The van der Waals surface area contributed by atoms with Gasteiger partial charge in [0, 0.05) is 51.6 Å². The maximum atomic E-state index is 15.5. The zero-order chi connectivity index (χ0) is 83.8. The second-order valence-electron chi connectivity index (χ2n) is 33.1. The molecule has 10 N–H and O–H groups in total. The summed E-state index contributed by atoms with van der Waals surface area (Å²) < 4.78 is 44.9. The van der Waals surface area contributed by atoms with Crippen LogP contribution >= 0.6 is 0 Å². The Hall–Kier alpha value is -11.7. The summed E-state index contributed by atoms with van der Waals surface area (Å²) in [6.07, 6.45) is 3.64. The average molecular weight is 1620 g/mol. The summed E-state index contributed by atoms with van der Waals surface area (Å²) in [5.41, 5.74) is 0.974. The molecule has 8 heterocycles. The third-order valence-corrected chi connectivity index (χ3v) is 23.4. The molecule has 2 saturated heterocycles. The summed E-state index contributed by atoms with van der Waals surface area (Å²) in [5, 5.41) is 54.9. The fraction of sp³-hybridized carbons (Fsp3) is 0.452. The highest BCUT2D eigenvalue weighted by atomic mass is 32.2. The Balaban J connectivity index is 0.891. The standard InChI is InChI=1S/C84H103N17O15S/c1-48(85-9)73(102)91-71(83(3,4)5)80(109)98-43-61-39-69(98)78(107)88-65(37-53-21-27-55-15-11-13-17-57(55)33-53)75(104)87-67(77(106)95-117(113,114)47-52-19-20-52)35-50-23-29-63(30-24-50)115-45-59-41-101(96-93-59)62-40-70(99(44-62)81(110)72(84(6,7)8)92-74(103)49(2)86-10)79(108)89-66(38-54-22-28-56-16-12-14-18-58(56)34-54)76(105)90-68(82(111)112)36-51-25-31-64(32-26-51)116-46-60-42-100(61)97-94-60/h11-18,21-34,41-42,48-49,52,61-62,65-72,85-86H,19-20,35-40,43-47H2,1-10H3,(H,87,104)(H,88,107)(H,89,108)(H,90,105)(H,91,102)(H,92,103)(H,95,106)(H,111,112)/t48-,49-,61-,62-,65-,66-,67-,68-,69-,70-,71+,72+/m0/s1. The zero-order valence-electron chi connectivity index (χ0n) is 67.2. The van der Waals surface area contributed by atoms with E-state index in [1.807, 2.05) is 78.9 Å². The Bertz CT molecular complexity index is 5120. The van der Waals surface area contributed by atoms with Crippen LogP contribution in [0.5, 0.6) is 11.5 Å². The van der Waals surface area contributed by atoms with Crippen molar-refractivity contribution in [1.29, 1.82) is 0 Å². The summed E-state index contributed by atoms with van der Waals surface area (Å²) in [6.45, 7) is 13.4. The first kappa shape index (κ1) is 84.7. The number of hydrogen-bond donors (Lipinski definition) is 10. The van der Waals surface area contributed by atoms with Gasteiger partial charge in [-0.1, -0.05) is 161 Å². The number of benzene rings is 6. The molecule has 1 aliphatic carbocycles. The van der Waals surface area contributed by atoms with Crippen LogP contribution in [0.25, 0.3) is 21.5 Å². The number of aliphatic carboxylic acids is 1. The van der Waals surface area contributed by atoms with E-state index in [9.17, 15) is 37.5 Å². The van der Waals surface area contributed by atoms with Crippen LogP contribution in [-0.2, 0) is 96.9 Å². The van der Waals surface area contributed by atoms with Crippen LogP contribution in [-0.4, -0.2) is 206 Å². The Morgan fingerprint density at radius 3 is 1.33 bits per heavy atom. The molecule has 6 aromatic carbocycles. The van der Waals surface area contributed by atoms with Gasteiger partial charge in [0.2, 0.25) is 57.3 Å². The zero-order valence-corrected chi connectivity index (χ0v) is 68.0. The lowest BCUT2D eigenvalue weighted by molar-refractivity contribution is -0.145. The number of fused-ring (bicyclic) bond motifs is 2. The smallest absolute Gasteiger partial charge is 0.326 e. The summed E-state index contributed by atoms with van der Waals surface area (Å²) in [7, 11) is -1.01. The van der Waals surface area contributed by atoms with Crippen LogP contribution in [0.2, 0.25) is 0 Å². The summed E-state index contributed by atoms with van der Waals surface area (Å²) in [6, 6.07) is 25.3. The van der Waals surface area contributed by atoms with Crippen molar-refractivity contribution in [3.63, 3.8) is 0 Å². The molecular formula is C84H103N17O15S. The van der Waals surface area contributed by atoms with Gasteiger partial charge in [0.25, 0.3) is 5.91 Å². The van der Waals surface area contributed by atoms with E-state index in [1.54, 1.807) is 136 Å². The predicted octanol–water partition coefficient (Wildman–Crippen LogP) is 4.06. The largest absolute Gasteiger partial charge is 0.487 e. The Labute approximate surface area is 678 Å². The lowest BCUT2D eigenvalue weighted by Gasteiger charge is -2.36. The molecule has 6 aliphatic heterocycles. The van der Waals surface area contributed by atoms with Crippen molar-refractivity contribution in [2.75, 3.05) is 32.9 Å². The number of carbonyl (C=O) groups excluding carboxylic acids is 9. The molecule has 620 valence electrons. The van der Waals surface area contributed by atoms with Gasteiger partial charge in [-0.15, -0.1) is 10.2 Å². The lowest BCUT2D eigenvalue weighted by atomic mass is 9.85. The van der Waals surface area contributed by atoms with Gasteiger partial charge in [-0.05, 0) is 126 Å². The number of sulfonamides is 1. The number of carboxylic acids is 1. The van der Waals surface area contributed by atoms with Crippen molar-refractivity contribution in [1.82, 2.24) is 87.0 Å². The number of likely N-dealkylation sites (tertiary alicyclic amines) is 2. The van der Waals surface area contributed by atoms with Gasteiger partial charge >= 0.3 is 5.97 Å². The molecule has 12 atom stereocenters. The number of carboxylic acid groups (broad SMARTS) is 1. The van der Waals surface area contributed by atoms with E-state index in [0.717, 1.165) is 21.5 Å². The number of hydrogen-bond acceptors (Lipinski definition) is 20. The molecule has 1 saturated carbocycles. The molecule has 0 radical (unpaired) electrons. The molecule has 2 aromatic heterocycles. The number of ether oxygens (including phenoxy) is 2. The molecule has 0 spiro atoms. The van der Waals surface area contributed by atoms with Crippen LogP contribution in [0.4, 0.5) is 0 Å². The summed E-state index contributed by atoms with van der Waals surface area (Å²) in [5.74, 6) is -7.60. The molecule has 7 aliphatic rings. The maximum Gasteiger partial charge on any atom is 0.326 e. The van der Waals surface area contributed by atoms with E-state index in [4.69, 9.17) is 9.47 Å². The minimum Gasteiger partial charge on any atom is -0.487 e. The molecule has 0 unspecified atom stereocenters. The minimum atomic E-state index is -4.22. The molecule has 33 heteroatoms. The van der Waals surface area contributed by atoms with Crippen LogP contribution in [0.3, 0.4) is 0 Å². The van der Waals surface area contributed by atoms with Crippen LogP contribution in [0.15, 0.2) is 146 Å². The quantitative estimate of drug-likeness (QED) is 0.0614. The third-order valence-electron chi connectivity index (χ3n) is 22.0. The van der Waals surface area contributed by atoms with Crippen LogP contribution in [0, 0.1) is 16.7 Å². The van der Waals surface area contributed by atoms with E-state index < -0.39 is 152 Å². The first-order chi connectivity index (χ1) is 55.6. The number of likely N-dealkylation sites (N-methyl/N-ethyl adjacent to an activating group) is 2. The van der Waals surface area contributed by atoms with Gasteiger partial charge in [-0.3, -0.25) is 47.9 Å². The highest BCUT2D eigenvalue weighted by Crippen LogP contribution is 2.35. The van der Waals surface area contributed by atoms with Crippen molar-refractivity contribution in [2.45, 2.75) is 192 Å². The van der Waals surface area contributed by atoms with Gasteiger partial charge in [0.15, 0.2) is 0 Å². The van der Waals surface area contributed by atoms with E-state index in [-0.39, 0.29) is 76.5 Å². The van der Waals surface area contributed by atoms with E-state index in [1.165, 1.54) is 19.2 Å². The van der Waals surface area contributed by atoms with Crippen molar-refractivity contribution < 1.29 is 70.9 Å². The van der Waals surface area contributed by atoms with Gasteiger partial charge < -0.3 is 66.9 Å². The summed E-state index contributed by atoms with van der Waals surface area (Å²) in [4.78, 5) is 150. The predicted molar refractivity (Wildman–Crippen MR) is 432 cm³/mol. The Kier molecular flexibility index (Phi) is 26.2. The van der Waals surface area contributed by atoms with Crippen LogP contribution in [0.1, 0.15) is 127 Å².